The average molecular weight is 286 g/mol. The molecule has 0 aliphatic heterocycles. The van der Waals surface area contributed by atoms with Gasteiger partial charge in [0.15, 0.2) is 11.5 Å². The molecule has 0 saturated heterocycles. The molecule has 1 amide bonds. The van der Waals surface area contributed by atoms with E-state index in [1.807, 2.05) is 30.3 Å². The van der Waals surface area contributed by atoms with Gasteiger partial charge in [-0.1, -0.05) is 12.1 Å². The second-order valence-electron chi connectivity index (χ2n) is 4.62. The van der Waals surface area contributed by atoms with Crippen LogP contribution in [-0.2, 0) is 11.3 Å². The maximum Gasteiger partial charge on any atom is 0.221 e. The van der Waals surface area contributed by atoms with Crippen LogP contribution in [0.3, 0.4) is 0 Å². The molecule has 0 heterocycles. The molecule has 2 aromatic rings. The van der Waals surface area contributed by atoms with Gasteiger partial charge in [0.25, 0.3) is 0 Å². The van der Waals surface area contributed by atoms with Crippen LogP contribution in [0, 0.1) is 0 Å². The number of carbonyl (C=O) groups is 1. The lowest BCUT2D eigenvalue weighted by Gasteiger charge is -2.10. The summed E-state index contributed by atoms with van der Waals surface area (Å²) in [6.07, 6.45) is 0. The lowest BCUT2D eigenvalue weighted by molar-refractivity contribution is -0.114. The number of carbonyl (C=O) groups excluding carboxylic acids is 1. The number of phenols is 1. The first-order chi connectivity index (χ1) is 10.1. The van der Waals surface area contributed by atoms with E-state index in [9.17, 15) is 9.90 Å². The Hall–Kier alpha value is -2.69. The third kappa shape index (κ3) is 4.14. The van der Waals surface area contributed by atoms with E-state index in [0.717, 1.165) is 16.9 Å². The van der Waals surface area contributed by atoms with Crippen molar-refractivity contribution < 1.29 is 14.6 Å². The van der Waals surface area contributed by atoms with Gasteiger partial charge in [-0.15, -0.1) is 0 Å². The molecule has 0 radical (unpaired) electrons. The van der Waals surface area contributed by atoms with E-state index in [1.165, 1.54) is 14.0 Å². The highest BCUT2D eigenvalue weighted by molar-refractivity contribution is 5.89. The summed E-state index contributed by atoms with van der Waals surface area (Å²) in [5, 5.41) is 15.7. The lowest BCUT2D eigenvalue weighted by Crippen LogP contribution is -2.06. The van der Waals surface area contributed by atoms with Crippen LogP contribution >= 0.6 is 0 Å². The van der Waals surface area contributed by atoms with Crippen LogP contribution in [0.25, 0.3) is 0 Å². The summed E-state index contributed by atoms with van der Waals surface area (Å²) in [4.78, 5) is 11.0. The standard InChI is InChI=1S/C16H18N2O3/c1-11(19)18-14-5-3-4-13(9-14)17-10-12-6-7-16(21-2)15(20)8-12/h3-9,17,20H,10H2,1-2H3,(H,18,19). The number of aromatic hydroxyl groups is 1. The van der Waals surface area contributed by atoms with Crippen LogP contribution in [0.5, 0.6) is 11.5 Å². The summed E-state index contributed by atoms with van der Waals surface area (Å²) < 4.78 is 5.00. The largest absolute Gasteiger partial charge is 0.504 e. The van der Waals surface area contributed by atoms with Gasteiger partial charge in [-0.25, -0.2) is 0 Å². The molecule has 3 N–H and O–H groups in total. The average Bonchev–Trinajstić information content (AvgIpc) is 2.45. The zero-order valence-corrected chi connectivity index (χ0v) is 12.0. The summed E-state index contributed by atoms with van der Waals surface area (Å²) in [6.45, 7) is 2.03. The molecule has 0 aliphatic carbocycles. The number of hydrogen-bond donors (Lipinski definition) is 3. The van der Waals surface area contributed by atoms with Gasteiger partial charge in [0, 0.05) is 24.8 Å². The molecule has 0 unspecified atom stereocenters. The van der Waals surface area contributed by atoms with E-state index in [4.69, 9.17) is 4.74 Å². The maximum absolute atomic E-state index is 11.0. The molecule has 5 heteroatoms. The predicted molar refractivity (Wildman–Crippen MR) is 82.7 cm³/mol. The first-order valence-electron chi connectivity index (χ1n) is 6.56. The molecule has 0 atom stereocenters. The third-order valence-corrected chi connectivity index (χ3v) is 2.92. The second-order valence-corrected chi connectivity index (χ2v) is 4.62. The molecular formula is C16H18N2O3. The van der Waals surface area contributed by atoms with Crippen LogP contribution < -0.4 is 15.4 Å². The van der Waals surface area contributed by atoms with Crippen LogP contribution in [0.4, 0.5) is 11.4 Å². The SMILES string of the molecule is COc1ccc(CNc2cccc(NC(C)=O)c2)cc1O. The monoisotopic (exact) mass is 286 g/mol. The van der Waals surface area contributed by atoms with Gasteiger partial charge in [0.1, 0.15) is 0 Å². The number of rotatable bonds is 5. The first kappa shape index (κ1) is 14.7. The zero-order chi connectivity index (χ0) is 15.2. The Bertz CT molecular complexity index is 641. The molecule has 0 aliphatic rings. The fraction of sp³-hybridized carbons (Fsp3) is 0.188. The van der Waals surface area contributed by atoms with Gasteiger partial charge in [0.05, 0.1) is 7.11 Å². The van der Waals surface area contributed by atoms with E-state index >= 15 is 0 Å². The van der Waals surface area contributed by atoms with E-state index < -0.39 is 0 Å². The quantitative estimate of drug-likeness (QED) is 0.790. The Morgan fingerprint density at radius 2 is 1.95 bits per heavy atom. The van der Waals surface area contributed by atoms with E-state index in [-0.39, 0.29) is 11.7 Å². The highest BCUT2D eigenvalue weighted by atomic mass is 16.5. The molecule has 2 rings (SSSR count). The molecule has 110 valence electrons. The molecule has 5 nitrogen and oxygen atoms in total. The van der Waals surface area contributed by atoms with Crippen LogP contribution in [0.15, 0.2) is 42.5 Å². The van der Waals surface area contributed by atoms with Gasteiger partial charge >= 0.3 is 0 Å². The van der Waals surface area contributed by atoms with Crippen molar-refractivity contribution in [2.24, 2.45) is 0 Å². The van der Waals surface area contributed by atoms with Crippen LogP contribution in [0.1, 0.15) is 12.5 Å². The van der Waals surface area contributed by atoms with Crippen molar-refractivity contribution >= 4 is 17.3 Å². The summed E-state index contributed by atoms with van der Waals surface area (Å²) in [5.74, 6) is 0.461. The van der Waals surface area contributed by atoms with Crippen molar-refractivity contribution in [2.45, 2.75) is 13.5 Å². The van der Waals surface area contributed by atoms with Gasteiger partial charge in [-0.2, -0.15) is 0 Å². The number of methoxy groups -OCH3 is 1. The number of amides is 1. The van der Waals surface area contributed by atoms with Crippen molar-refractivity contribution in [1.29, 1.82) is 0 Å². The summed E-state index contributed by atoms with van der Waals surface area (Å²) in [6, 6.07) is 12.7. The second kappa shape index (κ2) is 6.65. The lowest BCUT2D eigenvalue weighted by atomic mass is 10.2. The number of ether oxygens (including phenoxy) is 1. The predicted octanol–water partition coefficient (Wildman–Crippen LogP) is 2.97. The van der Waals surface area contributed by atoms with E-state index in [1.54, 1.807) is 12.1 Å². The topological polar surface area (TPSA) is 70.6 Å². The Balaban J connectivity index is 2.02. The zero-order valence-electron chi connectivity index (χ0n) is 12.0. The van der Waals surface area contributed by atoms with Gasteiger partial charge in [0.2, 0.25) is 5.91 Å². The maximum atomic E-state index is 11.0. The Labute approximate surface area is 123 Å². The molecule has 0 aromatic heterocycles. The Kier molecular flexibility index (Phi) is 4.66. The number of phenolic OH excluding ortho intramolecular Hbond substituents is 1. The van der Waals surface area contributed by atoms with Crippen LogP contribution in [0.2, 0.25) is 0 Å². The number of hydrogen-bond acceptors (Lipinski definition) is 4. The van der Waals surface area contributed by atoms with Gasteiger partial charge < -0.3 is 20.5 Å². The number of anilines is 2. The van der Waals surface area contributed by atoms with Crippen molar-refractivity contribution in [1.82, 2.24) is 0 Å². The van der Waals surface area contributed by atoms with Crippen molar-refractivity contribution in [3.8, 4) is 11.5 Å². The van der Waals surface area contributed by atoms with Gasteiger partial charge in [-0.3, -0.25) is 4.79 Å². The summed E-state index contributed by atoms with van der Waals surface area (Å²) >= 11 is 0. The van der Waals surface area contributed by atoms with E-state index in [2.05, 4.69) is 10.6 Å². The fourth-order valence-corrected chi connectivity index (χ4v) is 1.96. The molecule has 0 fully saturated rings. The molecule has 0 saturated carbocycles. The minimum atomic E-state index is -0.104. The highest BCUT2D eigenvalue weighted by Crippen LogP contribution is 2.26. The minimum absolute atomic E-state index is 0.104. The van der Waals surface area contributed by atoms with Crippen molar-refractivity contribution in [3.05, 3.63) is 48.0 Å². The smallest absolute Gasteiger partial charge is 0.221 e. The highest BCUT2D eigenvalue weighted by Gasteiger charge is 2.03. The van der Waals surface area contributed by atoms with E-state index in [0.29, 0.717) is 12.3 Å². The number of nitrogens with one attached hydrogen (secondary N) is 2. The molecule has 21 heavy (non-hydrogen) atoms. The van der Waals surface area contributed by atoms with Crippen molar-refractivity contribution in [2.75, 3.05) is 17.7 Å². The Morgan fingerprint density at radius 3 is 2.62 bits per heavy atom. The first-order valence-corrected chi connectivity index (χ1v) is 6.56. The molecule has 0 spiro atoms. The molecule has 2 aromatic carbocycles. The minimum Gasteiger partial charge on any atom is -0.504 e. The normalized spacial score (nSPS) is 10.0. The fourth-order valence-electron chi connectivity index (χ4n) is 1.96. The van der Waals surface area contributed by atoms with Crippen LogP contribution in [-0.4, -0.2) is 18.1 Å². The van der Waals surface area contributed by atoms with Crippen molar-refractivity contribution in [3.63, 3.8) is 0 Å². The summed E-state index contributed by atoms with van der Waals surface area (Å²) in [5.41, 5.74) is 2.56. The number of benzene rings is 2. The third-order valence-electron chi connectivity index (χ3n) is 2.92. The Morgan fingerprint density at radius 1 is 1.19 bits per heavy atom. The summed E-state index contributed by atoms with van der Waals surface area (Å²) in [7, 11) is 1.51. The molecule has 0 bridgehead atoms. The van der Waals surface area contributed by atoms with Gasteiger partial charge in [-0.05, 0) is 35.9 Å². The molecular weight excluding hydrogens is 268 g/mol.